The molecule has 0 aliphatic heterocycles. The highest BCUT2D eigenvalue weighted by molar-refractivity contribution is 6.31. The van der Waals surface area contributed by atoms with Gasteiger partial charge >= 0.3 is 0 Å². The molecule has 0 aromatic heterocycles. The second kappa shape index (κ2) is 8.63. The van der Waals surface area contributed by atoms with Gasteiger partial charge < -0.3 is 5.32 Å². The summed E-state index contributed by atoms with van der Waals surface area (Å²) in [7, 11) is 0. The fraction of sp³-hybridized carbons (Fsp3) is 0.647. The highest BCUT2D eigenvalue weighted by Crippen LogP contribution is 2.35. The van der Waals surface area contributed by atoms with Gasteiger partial charge in [0.25, 0.3) is 0 Å². The fourth-order valence-corrected chi connectivity index (χ4v) is 2.91. The van der Waals surface area contributed by atoms with E-state index in [2.05, 4.69) is 26.1 Å². The normalized spacial score (nSPS) is 14.2. The van der Waals surface area contributed by atoms with Crippen molar-refractivity contribution in [1.29, 1.82) is 0 Å². The molecule has 0 aliphatic carbocycles. The van der Waals surface area contributed by atoms with E-state index in [-0.39, 0.29) is 11.2 Å². The van der Waals surface area contributed by atoms with E-state index in [4.69, 9.17) is 11.6 Å². The molecule has 0 amide bonds. The molecule has 3 heteroatoms. The van der Waals surface area contributed by atoms with Gasteiger partial charge in [0.2, 0.25) is 0 Å². The highest BCUT2D eigenvalue weighted by atomic mass is 35.5. The van der Waals surface area contributed by atoms with Crippen molar-refractivity contribution < 1.29 is 4.39 Å². The maximum absolute atomic E-state index is 14.1. The second-order valence-electron chi connectivity index (χ2n) is 5.61. The van der Waals surface area contributed by atoms with Crippen LogP contribution in [0.25, 0.3) is 0 Å². The summed E-state index contributed by atoms with van der Waals surface area (Å²) in [6.07, 6.45) is 5.19. The minimum absolute atomic E-state index is 0.0951. The van der Waals surface area contributed by atoms with Gasteiger partial charge in [0.05, 0.1) is 0 Å². The van der Waals surface area contributed by atoms with E-state index in [1.54, 1.807) is 12.1 Å². The second-order valence-corrected chi connectivity index (χ2v) is 6.02. The third-order valence-corrected chi connectivity index (χ3v) is 4.53. The predicted molar refractivity (Wildman–Crippen MR) is 85.9 cm³/mol. The van der Waals surface area contributed by atoms with Crippen LogP contribution in [0, 0.1) is 11.2 Å². The van der Waals surface area contributed by atoms with Gasteiger partial charge in [0.15, 0.2) is 0 Å². The molecule has 0 bridgehead atoms. The Balaban J connectivity index is 2.97. The molecule has 0 heterocycles. The zero-order valence-corrected chi connectivity index (χ0v) is 13.7. The van der Waals surface area contributed by atoms with E-state index in [9.17, 15) is 4.39 Å². The molecule has 0 saturated heterocycles. The van der Waals surface area contributed by atoms with Gasteiger partial charge in [-0.2, -0.15) is 0 Å². The summed E-state index contributed by atoms with van der Waals surface area (Å²) in [4.78, 5) is 0. The van der Waals surface area contributed by atoms with E-state index in [1.807, 2.05) is 0 Å². The maximum atomic E-state index is 14.1. The number of halogens is 2. The van der Waals surface area contributed by atoms with E-state index in [0.717, 1.165) is 25.9 Å². The molecule has 1 aromatic carbocycles. The summed E-state index contributed by atoms with van der Waals surface area (Å²) in [6, 6.07) is 4.97. The van der Waals surface area contributed by atoms with Crippen LogP contribution >= 0.6 is 11.6 Å². The number of benzene rings is 1. The molecular weight excluding hydrogens is 273 g/mol. The Kier molecular flexibility index (Phi) is 7.53. The lowest BCUT2D eigenvalue weighted by Crippen LogP contribution is -2.36. The van der Waals surface area contributed by atoms with Crippen LogP contribution in [0.3, 0.4) is 0 Å². The Bertz CT molecular complexity index is 378. The number of nitrogens with one attached hydrogen (secondary N) is 1. The van der Waals surface area contributed by atoms with Crippen molar-refractivity contribution in [2.24, 2.45) is 5.41 Å². The fourth-order valence-electron chi connectivity index (χ4n) is 2.68. The summed E-state index contributed by atoms with van der Waals surface area (Å²) in [5.74, 6) is -0.177. The smallest absolute Gasteiger partial charge is 0.127 e. The van der Waals surface area contributed by atoms with Gasteiger partial charge in [-0.15, -0.1) is 0 Å². The highest BCUT2D eigenvalue weighted by Gasteiger charge is 2.29. The van der Waals surface area contributed by atoms with Crippen molar-refractivity contribution in [1.82, 2.24) is 5.32 Å². The van der Waals surface area contributed by atoms with E-state index < -0.39 is 0 Å². The molecular formula is C17H27ClFN. The first-order valence-corrected chi connectivity index (χ1v) is 8.10. The van der Waals surface area contributed by atoms with Gasteiger partial charge in [-0.25, -0.2) is 4.39 Å². The molecule has 1 nitrogen and oxygen atoms in total. The van der Waals surface area contributed by atoms with Crippen LogP contribution in [0.4, 0.5) is 4.39 Å². The zero-order chi connectivity index (χ0) is 15.0. The molecule has 114 valence electrons. The summed E-state index contributed by atoms with van der Waals surface area (Å²) in [5, 5.41) is 3.99. The lowest BCUT2D eigenvalue weighted by Gasteiger charge is -2.34. The topological polar surface area (TPSA) is 12.0 Å². The van der Waals surface area contributed by atoms with Crippen molar-refractivity contribution >= 4 is 11.6 Å². The van der Waals surface area contributed by atoms with Gasteiger partial charge in [-0.1, -0.05) is 51.3 Å². The predicted octanol–water partition coefficient (Wildman–Crippen LogP) is 5.22. The Morgan fingerprint density at radius 1 is 1.25 bits per heavy atom. The average Bonchev–Trinajstić information content (AvgIpc) is 2.45. The number of unbranched alkanes of at least 4 members (excludes halogenated alkanes) is 1. The summed E-state index contributed by atoms with van der Waals surface area (Å²) in [6.45, 7) is 8.37. The van der Waals surface area contributed by atoms with Crippen LogP contribution in [0.2, 0.25) is 5.02 Å². The Morgan fingerprint density at radius 3 is 2.55 bits per heavy atom. The van der Waals surface area contributed by atoms with Crippen molar-refractivity contribution in [3.63, 3.8) is 0 Å². The molecule has 0 saturated carbocycles. The molecule has 0 radical (unpaired) electrons. The third kappa shape index (κ3) is 4.75. The monoisotopic (exact) mass is 299 g/mol. The first kappa shape index (κ1) is 17.5. The summed E-state index contributed by atoms with van der Waals surface area (Å²) >= 11 is 6.20. The molecule has 1 aromatic rings. The first-order chi connectivity index (χ1) is 9.58. The van der Waals surface area contributed by atoms with E-state index >= 15 is 0 Å². The maximum Gasteiger partial charge on any atom is 0.127 e. The number of rotatable bonds is 9. The summed E-state index contributed by atoms with van der Waals surface area (Å²) in [5.41, 5.74) is 0.766. The minimum Gasteiger partial charge on any atom is -0.316 e. The van der Waals surface area contributed by atoms with Crippen molar-refractivity contribution in [3.05, 3.63) is 34.6 Å². The van der Waals surface area contributed by atoms with Crippen LogP contribution < -0.4 is 5.32 Å². The SMILES string of the molecule is CCCCC(CC)(CNCC)Cc1c(F)cccc1Cl. The number of hydrogen-bond donors (Lipinski definition) is 1. The minimum atomic E-state index is -0.177. The van der Waals surface area contributed by atoms with Gasteiger partial charge in [-0.05, 0) is 43.4 Å². The Labute approximate surface area is 127 Å². The van der Waals surface area contributed by atoms with Gasteiger partial charge in [-0.3, -0.25) is 0 Å². The standard InChI is InChI=1S/C17H27ClFN/c1-4-7-11-17(5-2,13-20-6-3)12-14-15(18)9-8-10-16(14)19/h8-10,20H,4-7,11-13H2,1-3H3. The van der Waals surface area contributed by atoms with Gasteiger partial charge in [0, 0.05) is 17.1 Å². The number of hydrogen-bond acceptors (Lipinski definition) is 1. The molecule has 1 atom stereocenters. The molecule has 0 aliphatic rings. The van der Waals surface area contributed by atoms with Crippen LogP contribution in [-0.4, -0.2) is 13.1 Å². The third-order valence-electron chi connectivity index (χ3n) is 4.17. The van der Waals surface area contributed by atoms with Crippen LogP contribution in [0.5, 0.6) is 0 Å². The van der Waals surface area contributed by atoms with E-state index in [1.165, 1.54) is 18.9 Å². The molecule has 1 unspecified atom stereocenters. The lowest BCUT2D eigenvalue weighted by atomic mass is 9.75. The molecule has 1 N–H and O–H groups in total. The average molecular weight is 300 g/mol. The largest absolute Gasteiger partial charge is 0.316 e. The Hall–Kier alpha value is -0.600. The summed E-state index contributed by atoms with van der Waals surface area (Å²) < 4.78 is 14.1. The van der Waals surface area contributed by atoms with Crippen LogP contribution in [-0.2, 0) is 6.42 Å². The Morgan fingerprint density at radius 2 is 2.00 bits per heavy atom. The first-order valence-electron chi connectivity index (χ1n) is 7.72. The van der Waals surface area contributed by atoms with E-state index in [0.29, 0.717) is 17.0 Å². The van der Waals surface area contributed by atoms with Crippen molar-refractivity contribution in [2.45, 2.75) is 52.9 Å². The molecule has 20 heavy (non-hydrogen) atoms. The van der Waals surface area contributed by atoms with Crippen molar-refractivity contribution in [2.75, 3.05) is 13.1 Å². The molecule has 0 fully saturated rings. The molecule has 1 rings (SSSR count). The van der Waals surface area contributed by atoms with Crippen molar-refractivity contribution in [3.8, 4) is 0 Å². The van der Waals surface area contributed by atoms with Crippen LogP contribution in [0.15, 0.2) is 18.2 Å². The quantitative estimate of drug-likeness (QED) is 0.659. The molecule has 0 spiro atoms. The zero-order valence-electron chi connectivity index (χ0n) is 12.9. The van der Waals surface area contributed by atoms with Crippen LogP contribution in [0.1, 0.15) is 52.0 Å². The van der Waals surface area contributed by atoms with Gasteiger partial charge in [0.1, 0.15) is 5.82 Å². The lowest BCUT2D eigenvalue weighted by molar-refractivity contribution is 0.228.